The van der Waals surface area contributed by atoms with E-state index < -0.39 is 44.9 Å². The van der Waals surface area contributed by atoms with E-state index in [1.54, 1.807) is 18.2 Å². The number of nitrogens with one attached hydrogen (secondary N) is 1. The molecule has 1 fully saturated rings. The fraction of sp³-hybridized carbons (Fsp3) is 0.500. The van der Waals surface area contributed by atoms with Gasteiger partial charge in [0.25, 0.3) is 0 Å². The molecule has 0 aromatic heterocycles. The third kappa shape index (κ3) is 7.26. The van der Waals surface area contributed by atoms with Crippen molar-refractivity contribution >= 4 is 19.3 Å². The first kappa shape index (κ1) is 29.0. The number of rotatable bonds is 12. The Morgan fingerprint density at radius 1 is 1.03 bits per heavy atom. The lowest BCUT2D eigenvalue weighted by atomic mass is 9.90. The molecule has 5 N–H and O–H groups in total. The van der Waals surface area contributed by atoms with Crippen molar-refractivity contribution in [2.24, 2.45) is 0 Å². The molecule has 1 aliphatic rings. The number of halogens is 1. The average Bonchev–Trinajstić information content (AvgIpc) is 2.89. The largest absolute Gasteiger partial charge is 0.494 e. The van der Waals surface area contributed by atoms with Crippen LogP contribution in [-0.4, -0.2) is 78.8 Å². The Labute approximate surface area is 215 Å². The lowest BCUT2D eigenvalue weighted by molar-refractivity contribution is -0.231. The normalized spacial score (nSPS) is 24.6. The van der Waals surface area contributed by atoms with Gasteiger partial charge in [-0.1, -0.05) is 35.9 Å². The number of hydrogen-bond donors (Lipinski definition) is 5. The third-order valence-electron chi connectivity index (χ3n) is 5.98. The Balaban J connectivity index is 1.59. The van der Waals surface area contributed by atoms with Crippen LogP contribution in [0.2, 0.25) is 5.02 Å². The monoisotopic (exact) mass is 545 g/mol. The minimum absolute atomic E-state index is 0.403. The first-order chi connectivity index (χ1) is 17.2. The maximum absolute atomic E-state index is 11.9. The van der Waals surface area contributed by atoms with Gasteiger partial charge in [-0.25, -0.2) is 9.65 Å². The van der Waals surface area contributed by atoms with Gasteiger partial charge in [-0.05, 0) is 47.7 Å². The fourth-order valence-electron chi connectivity index (χ4n) is 3.89. The second-order valence-corrected chi connectivity index (χ2v) is 10.8. The van der Waals surface area contributed by atoms with Crippen LogP contribution in [0.3, 0.4) is 0 Å². The molecule has 1 saturated heterocycles. The summed E-state index contributed by atoms with van der Waals surface area (Å²) in [7, 11) is -0.610. The Kier molecular flexibility index (Phi) is 10.7. The molecule has 2 aromatic rings. The van der Waals surface area contributed by atoms with Crippen LogP contribution in [0.4, 0.5) is 0 Å². The molecule has 2 aromatic carbocycles. The molecule has 10 nitrogen and oxygen atoms in total. The van der Waals surface area contributed by atoms with E-state index in [9.17, 15) is 25.0 Å². The number of aliphatic hydroxyl groups is 4. The van der Waals surface area contributed by atoms with Gasteiger partial charge in [-0.15, -0.1) is 0 Å². The van der Waals surface area contributed by atoms with E-state index in [0.717, 1.165) is 11.1 Å². The van der Waals surface area contributed by atoms with E-state index in [4.69, 9.17) is 30.1 Å². The van der Waals surface area contributed by atoms with Crippen molar-refractivity contribution in [3.8, 4) is 5.75 Å². The maximum Gasteiger partial charge on any atom is 0.404 e. The van der Waals surface area contributed by atoms with Gasteiger partial charge in [0, 0.05) is 25.8 Å². The van der Waals surface area contributed by atoms with Gasteiger partial charge in [0.1, 0.15) is 36.3 Å². The average molecular weight is 546 g/mol. The van der Waals surface area contributed by atoms with E-state index in [2.05, 4.69) is 5.09 Å². The highest BCUT2D eigenvalue weighted by Gasteiger charge is 2.44. The summed E-state index contributed by atoms with van der Waals surface area (Å²) < 4.78 is 32.9. The van der Waals surface area contributed by atoms with Crippen molar-refractivity contribution in [1.29, 1.82) is 0 Å². The molecule has 36 heavy (non-hydrogen) atoms. The van der Waals surface area contributed by atoms with E-state index in [1.165, 1.54) is 14.2 Å². The fourth-order valence-corrected chi connectivity index (χ4v) is 4.91. The van der Waals surface area contributed by atoms with E-state index in [1.807, 2.05) is 24.3 Å². The number of ether oxygens (including phenoxy) is 2. The Bertz CT molecular complexity index is 1020. The van der Waals surface area contributed by atoms with Crippen molar-refractivity contribution in [1.82, 2.24) is 5.09 Å². The molecule has 0 spiro atoms. The van der Waals surface area contributed by atoms with E-state index >= 15 is 0 Å². The minimum atomic E-state index is -3.24. The Morgan fingerprint density at radius 2 is 1.72 bits per heavy atom. The summed E-state index contributed by atoms with van der Waals surface area (Å²) in [6.45, 7) is 0.320. The summed E-state index contributed by atoms with van der Waals surface area (Å²) in [5, 5.41) is 43.3. The molecular weight excluding hydrogens is 513 g/mol. The van der Waals surface area contributed by atoms with Crippen LogP contribution >= 0.6 is 19.3 Å². The SMILES string of the molecule is COP(=O)(NCCCOc1ccc(Cc2cc([C@@H]3O[C@H](CO)[C@@H](O)[C@H](O)[C@H]3O)ccc2Cl)cc1)OC. The van der Waals surface area contributed by atoms with Gasteiger partial charge in [0.05, 0.1) is 13.2 Å². The lowest BCUT2D eigenvalue weighted by Gasteiger charge is -2.40. The van der Waals surface area contributed by atoms with Gasteiger partial charge in [0.2, 0.25) is 0 Å². The topological polar surface area (TPSA) is 147 Å². The van der Waals surface area contributed by atoms with Gasteiger partial charge in [-0.2, -0.15) is 0 Å². The van der Waals surface area contributed by atoms with Crippen molar-refractivity contribution in [3.05, 3.63) is 64.2 Å². The molecule has 3 rings (SSSR count). The summed E-state index contributed by atoms with van der Waals surface area (Å²) in [6.07, 6.45) is -5.05. The summed E-state index contributed by atoms with van der Waals surface area (Å²) in [4.78, 5) is 0. The molecule has 0 unspecified atom stereocenters. The lowest BCUT2D eigenvalue weighted by Crippen LogP contribution is -2.55. The molecular formula is C24H33ClNO9P. The molecule has 1 heterocycles. The second-order valence-electron chi connectivity index (χ2n) is 8.39. The van der Waals surface area contributed by atoms with Gasteiger partial charge in [-0.3, -0.25) is 0 Å². The molecule has 5 atom stereocenters. The van der Waals surface area contributed by atoms with Gasteiger partial charge in [0.15, 0.2) is 0 Å². The zero-order chi connectivity index (χ0) is 26.3. The van der Waals surface area contributed by atoms with Crippen LogP contribution in [0.15, 0.2) is 42.5 Å². The molecule has 200 valence electrons. The third-order valence-corrected chi connectivity index (χ3v) is 7.93. The zero-order valence-electron chi connectivity index (χ0n) is 20.1. The Morgan fingerprint density at radius 3 is 2.36 bits per heavy atom. The predicted molar refractivity (Wildman–Crippen MR) is 133 cm³/mol. The van der Waals surface area contributed by atoms with Crippen molar-refractivity contribution in [3.63, 3.8) is 0 Å². The zero-order valence-corrected chi connectivity index (χ0v) is 21.8. The van der Waals surface area contributed by atoms with Crippen molar-refractivity contribution in [2.75, 3.05) is 34.0 Å². The van der Waals surface area contributed by atoms with Crippen LogP contribution in [0, 0.1) is 0 Å². The molecule has 12 heteroatoms. The molecule has 0 amide bonds. The highest BCUT2D eigenvalue weighted by molar-refractivity contribution is 7.51. The number of aliphatic hydroxyl groups excluding tert-OH is 4. The van der Waals surface area contributed by atoms with Crippen LogP contribution in [0.25, 0.3) is 0 Å². The highest BCUT2D eigenvalue weighted by Crippen LogP contribution is 2.41. The van der Waals surface area contributed by atoms with E-state index in [0.29, 0.717) is 42.3 Å². The van der Waals surface area contributed by atoms with Crippen LogP contribution < -0.4 is 9.82 Å². The summed E-state index contributed by atoms with van der Waals surface area (Å²) in [5.41, 5.74) is 2.33. The van der Waals surface area contributed by atoms with Crippen LogP contribution in [0.5, 0.6) is 5.75 Å². The quantitative estimate of drug-likeness (QED) is 0.199. The molecule has 0 saturated carbocycles. The molecule has 1 aliphatic heterocycles. The predicted octanol–water partition coefficient (Wildman–Crippen LogP) is 2.21. The molecule has 0 radical (unpaired) electrons. The first-order valence-electron chi connectivity index (χ1n) is 11.5. The first-order valence-corrected chi connectivity index (χ1v) is 13.4. The van der Waals surface area contributed by atoms with Crippen LogP contribution in [0.1, 0.15) is 29.2 Å². The standard InChI is InChI=1S/C24H33ClNO9P/c1-32-36(31,33-2)26-10-3-11-34-18-7-4-15(5-8-18)12-17-13-16(6-9-19(17)25)24-23(30)22(29)21(28)20(14-27)35-24/h4-9,13,20-24,27-30H,3,10-12,14H2,1-2H3,(H,26,31)/t20-,21-,22+,23-,24+/m1/s1. The summed E-state index contributed by atoms with van der Waals surface area (Å²) in [6, 6.07) is 12.7. The van der Waals surface area contributed by atoms with E-state index in [-0.39, 0.29) is 0 Å². The Hall–Kier alpha value is -1.56. The van der Waals surface area contributed by atoms with Crippen LogP contribution in [-0.2, 0) is 24.8 Å². The number of hydrogen-bond acceptors (Lipinski definition) is 9. The minimum Gasteiger partial charge on any atom is -0.494 e. The molecule has 0 aliphatic carbocycles. The maximum atomic E-state index is 11.9. The number of benzene rings is 2. The van der Waals surface area contributed by atoms with Crippen molar-refractivity contribution < 1.29 is 43.5 Å². The van der Waals surface area contributed by atoms with Crippen molar-refractivity contribution in [2.45, 2.75) is 43.4 Å². The molecule has 0 bridgehead atoms. The summed E-state index contributed by atoms with van der Waals surface area (Å²) >= 11 is 6.41. The highest BCUT2D eigenvalue weighted by atomic mass is 35.5. The summed E-state index contributed by atoms with van der Waals surface area (Å²) in [5.74, 6) is 0.682. The smallest absolute Gasteiger partial charge is 0.404 e. The van der Waals surface area contributed by atoms with Gasteiger partial charge < -0.3 is 38.9 Å². The van der Waals surface area contributed by atoms with Gasteiger partial charge >= 0.3 is 7.75 Å². The second kappa shape index (κ2) is 13.3.